The van der Waals surface area contributed by atoms with E-state index >= 15 is 0 Å². The molecule has 0 radical (unpaired) electrons. The Morgan fingerprint density at radius 3 is 2.40 bits per heavy atom. The fraction of sp³-hybridized carbons (Fsp3) is 0.611. The molecule has 164 valence electrons. The summed E-state index contributed by atoms with van der Waals surface area (Å²) in [4.78, 5) is 52.3. The molecule has 0 spiro atoms. The minimum Gasteiger partial charge on any atom is -0.604 e. The van der Waals surface area contributed by atoms with Gasteiger partial charge in [-0.1, -0.05) is 0 Å². The number of nitrogens with zero attached hydrogens (tertiary/aromatic N) is 3. The lowest BCUT2D eigenvalue weighted by Crippen LogP contribution is -2.70. The molecule has 11 nitrogen and oxygen atoms in total. The van der Waals surface area contributed by atoms with Crippen LogP contribution < -0.4 is 0 Å². The van der Waals surface area contributed by atoms with Crippen LogP contribution in [0.4, 0.5) is 0 Å². The second-order valence-electron chi connectivity index (χ2n) is 7.85. The molecule has 1 amide bonds. The van der Waals surface area contributed by atoms with Gasteiger partial charge in [-0.05, 0) is 34.6 Å². The van der Waals surface area contributed by atoms with E-state index in [0.29, 0.717) is 0 Å². The van der Waals surface area contributed by atoms with Gasteiger partial charge in [-0.2, -0.15) is 0 Å². The summed E-state index contributed by atoms with van der Waals surface area (Å²) >= 11 is -1.98. The van der Waals surface area contributed by atoms with Crippen molar-refractivity contribution in [1.82, 2.24) is 4.90 Å². The van der Waals surface area contributed by atoms with Crippen molar-refractivity contribution in [3.63, 3.8) is 0 Å². The maximum absolute atomic E-state index is 12.8. The summed E-state index contributed by atoms with van der Waals surface area (Å²) in [5, 5.41) is -1.39. The van der Waals surface area contributed by atoms with Crippen LogP contribution in [-0.2, 0) is 44.6 Å². The normalized spacial score (nSPS) is 24.4. The van der Waals surface area contributed by atoms with Gasteiger partial charge in [0.1, 0.15) is 23.3 Å². The van der Waals surface area contributed by atoms with Gasteiger partial charge in [-0.3, -0.25) is 19.3 Å². The van der Waals surface area contributed by atoms with Gasteiger partial charge in [0.2, 0.25) is 18.1 Å². The molecular formula is C18H23N3O8S. The molecule has 0 bridgehead atoms. The van der Waals surface area contributed by atoms with Crippen LogP contribution in [0.1, 0.15) is 41.5 Å². The fourth-order valence-electron chi connectivity index (χ4n) is 3.06. The summed E-state index contributed by atoms with van der Waals surface area (Å²) in [7, 11) is 0. The number of hydrogen-bond acceptors (Lipinski definition) is 8. The van der Waals surface area contributed by atoms with E-state index < -0.39 is 64.6 Å². The van der Waals surface area contributed by atoms with E-state index in [9.17, 15) is 29.3 Å². The Hall–Kier alpha value is -2.69. The van der Waals surface area contributed by atoms with Gasteiger partial charge in [0, 0.05) is 6.92 Å². The second kappa shape index (κ2) is 8.58. The Balaban J connectivity index is 2.26. The lowest BCUT2D eigenvalue weighted by Gasteiger charge is -2.48. The minimum atomic E-state index is -1.98. The fourth-order valence-corrected chi connectivity index (χ4v) is 4.77. The molecule has 12 heteroatoms. The first kappa shape index (κ1) is 23.6. The molecule has 2 aliphatic rings. The summed E-state index contributed by atoms with van der Waals surface area (Å²) in [5.41, 5.74) is 8.17. The molecule has 0 N–H and O–H groups in total. The van der Waals surface area contributed by atoms with E-state index in [0.717, 1.165) is 4.90 Å². The molecule has 30 heavy (non-hydrogen) atoms. The average Bonchev–Trinajstić information content (AvgIpc) is 2.61. The molecule has 0 aromatic heterocycles. The van der Waals surface area contributed by atoms with E-state index in [4.69, 9.17) is 14.2 Å². The molecule has 0 aromatic carbocycles. The molecule has 2 rings (SSSR count). The number of esters is 3. The molecule has 0 aromatic rings. The summed E-state index contributed by atoms with van der Waals surface area (Å²) in [5.74, 6) is -3.85. The van der Waals surface area contributed by atoms with Crippen LogP contribution in [0, 0.1) is 11.3 Å². The first-order valence-corrected chi connectivity index (χ1v) is 10.2. The zero-order valence-electron chi connectivity index (χ0n) is 17.5. The highest BCUT2D eigenvalue weighted by molar-refractivity contribution is 8.07. The van der Waals surface area contributed by atoms with Crippen molar-refractivity contribution in [3.05, 3.63) is 16.8 Å². The van der Waals surface area contributed by atoms with Crippen LogP contribution in [0.15, 0.2) is 11.3 Å². The predicted molar refractivity (Wildman–Crippen MR) is 101 cm³/mol. The summed E-state index contributed by atoms with van der Waals surface area (Å²) in [6.07, 6.45) is -0.913. The van der Waals surface area contributed by atoms with Crippen molar-refractivity contribution < 1.29 is 42.7 Å². The number of ether oxygens (including phenoxy) is 3. The molecule has 0 saturated carbocycles. The third-order valence-corrected chi connectivity index (χ3v) is 6.26. The number of carbonyl (C=O) groups excluding carboxylic acids is 4. The molecular weight excluding hydrogens is 418 g/mol. The van der Waals surface area contributed by atoms with E-state index in [-0.39, 0.29) is 16.3 Å². The first-order valence-electron chi connectivity index (χ1n) is 9.01. The third-order valence-electron chi connectivity index (χ3n) is 4.55. The summed E-state index contributed by atoms with van der Waals surface area (Å²) < 4.78 is 27.6. The topological polar surface area (TPSA) is 159 Å². The minimum absolute atomic E-state index is 0.0221. The van der Waals surface area contributed by atoms with Crippen molar-refractivity contribution in [2.75, 3.05) is 6.79 Å². The van der Waals surface area contributed by atoms with Crippen molar-refractivity contribution in [2.45, 2.75) is 53.0 Å². The highest BCUT2D eigenvalue weighted by atomic mass is 32.2. The maximum Gasteiger partial charge on any atom is 0.490 e. The van der Waals surface area contributed by atoms with Gasteiger partial charge < -0.3 is 24.3 Å². The number of β-lactam (4-membered cyclic amide) rings is 1. The number of amides is 1. The van der Waals surface area contributed by atoms with Crippen molar-refractivity contribution in [2.24, 2.45) is 11.3 Å². The highest BCUT2D eigenvalue weighted by Gasteiger charge is 2.66. The predicted octanol–water partition coefficient (Wildman–Crippen LogP) is 0.477. The molecule has 0 aliphatic carbocycles. The van der Waals surface area contributed by atoms with Gasteiger partial charge >= 0.3 is 23.0 Å². The highest BCUT2D eigenvalue weighted by Crippen LogP contribution is 2.43. The summed E-state index contributed by atoms with van der Waals surface area (Å²) in [6.45, 7) is 8.15. The molecule has 2 aliphatic heterocycles. The summed E-state index contributed by atoms with van der Waals surface area (Å²) in [6, 6.07) is 0. The second-order valence-corrected chi connectivity index (χ2v) is 9.31. The van der Waals surface area contributed by atoms with Gasteiger partial charge in [0.15, 0.2) is 0 Å². The van der Waals surface area contributed by atoms with Crippen molar-refractivity contribution >= 4 is 40.0 Å². The van der Waals surface area contributed by atoms with Gasteiger partial charge in [-0.15, -0.1) is 4.79 Å². The number of fused-ring (bicyclic) bond motifs is 1. The zero-order chi connectivity index (χ0) is 23.0. The monoisotopic (exact) mass is 441 g/mol. The third kappa shape index (κ3) is 4.25. The average molecular weight is 441 g/mol. The van der Waals surface area contributed by atoms with Gasteiger partial charge in [0.25, 0.3) is 0 Å². The lowest BCUT2D eigenvalue weighted by molar-refractivity contribution is -0.176. The Kier molecular flexibility index (Phi) is 6.75. The van der Waals surface area contributed by atoms with Crippen LogP contribution in [0.3, 0.4) is 0 Å². The van der Waals surface area contributed by atoms with Crippen LogP contribution in [0.2, 0.25) is 0 Å². The number of rotatable bonds is 5. The molecule has 1 fully saturated rings. The molecule has 4 atom stereocenters. The smallest absolute Gasteiger partial charge is 0.490 e. The van der Waals surface area contributed by atoms with Crippen molar-refractivity contribution in [1.29, 1.82) is 0 Å². The number of hydrogen-bond donors (Lipinski definition) is 0. The van der Waals surface area contributed by atoms with Gasteiger partial charge in [-0.25, -0.2) is 4.79 Å². The molecule has 1 unspecified atom stereocenters. The Labute approximate surface area is 176 Å². The van der Waals surface area contributed by atoms with E-state index in [1.165, 1.54) is 20.8 Å². The zero-order valence-corrected chi connectivity index (χ0v) is 18.3. The van der Waals surface area contributed by atoms with E-state index in [2.05, 4.69) is 4.79 Å². The SMILES string of the molecule is CC(=O)OC(C)[C@H]1C(=O)N2C(C(=O)OCOC(=O)C(C)(C)C)=C(C)C(=[N+]=[N-])[S@+]([O-])[C@@H]12. The first-order chi connectivity index (χ1) is 13.8. The molecule has 1 saturated heterocycles. The quantitative estimate of drug-likeness (QED) is 0.149. The Morgan fingerprint density at radius 1 is 1.30 bits per heavy atom. The maximum atomic E-state index is 12.8. The van der Waals surface area contributed by atoms with Gasteiger partial charge in [0.05, 0.1) is 16.6 Å². The van der Waals surface area contributed by atoms with Crippen LogP contribution in [0.25, 0.3) is 5.53 Å². The van der Waals surface area contributed by atoms with Crippen LogP contribution in [0.5, 0.6) is 0 Å². The van der Waals surface area contributed by atoms with Crippen LogP contribution >= 0.6 is 0 Å². The largest absolute Gasteiger partial charge is 0.604 e. The Morgan fingerprint density at radius 2 is 1.90 bits per heavy atom. The Bertz CT molecular complexity index is 871. The van der Waals surface area contributed by atoms with E-state index in [1.54, 1.807) is 20.8 Å². The molecule has 2 heterocycles. The van der Waals surface area contributed by atoms with E-state index in [1.807, 2.05) is 0 Å². The standard InChI is InChI=1S/C18H23N3O8S/c1-8-12(16(24)27-7-28-17(25)18(4,5)6)21-14(23)11(9(2)29-10(3)22)15(21)30(26)13(8)20-19/h9,11,15H,7H2,1-6H3/t9?,11-,15-,30-/m0/s1. The van der Waals surface area contributed by atoms with Crippen molar-refractivity contribution in [3.8, 4) is 0 Å². The number of carbonyl (C=O) groups is 4. The lowest BCUT2D eigenvalue weighted by atomic mass is 9.90. The van der Waals surface area contributed by atoms with Crippen LogP contribution in [-0.4, -0.2) is 61.4 Å².